The average molecular weight is 381 g/mol. The molecule has 27 heavy (non-hydrogen) atoms. The van der Waals surface area contributed by atoms with E-state index < -0.39 is 0 Å². The number of hydrogen-bond acceptors (Lipinski definition) is 6. The largest absolute Gasteiger partial charge is 0.497 e. The van der Waals surface area contributed by atoms with Gasteiger partial charge in [-0.25, -0.2) is 9.37 Å². The van der Waals surface area contributed by atoms with E-state index in [1.165, 1.54) is 23.5 Å². The van der Waals surface area contributed by atoms with Crippen LogP contribution in [0.2, 0.25) is 0 Å². The molecule has 1 N–H and O–H groups in total. The summed E-state index contributed by atoms with van der Waals surface area (Å²) in [5.41, 5.74) is 2.56. The fraction of sp³-hybridized carbons (Fsp3) is 0.100. The van der Waals surface area contributed by atoms with Crippen LogP contribution < -0.4 is 14.8 Å². The van der Waals surface area contributed by atoms with Gasteiger partial charge in [-0.3, -0.25) is 0 Å². The molecule has 0 aliphatic heterocycles. The normalized spacial score (nSPS) is 11.0. The van der Waals surface area contributed by atoms with Gasteiger partial charge in [0, 0.05) is 23.2 Å². The van der Waals surface area contributed by atoms with Gasteiger partial charge in [0.25, 0.3) is 0 Å². The summed E-state index contributed by atoms with van der Waals surface area (Å²) in [7, 11) is 3.14. The van der Waals surface area contributed by atoms with Crippen molar-refractivity contribution in [3.63, 3.8) is 0 Å². The van der Waals surface area contributed by atoms with Gasteiger partial charge in [-0.15, -0.1) is 11.3 Å². The van der Waals surface area contributed by atoms with Gasteiger partial charge in [0.1, 0.15) is 34.0 Å². The summed E-state index contributed by atoms with van der Waals surface area (Å²) in [5.74, 6) is 0.962. The lowest BCUT2D eigenvalue weighted by molar-refractivity contribution is 0.395. The maximum Gasteiger partial charge on any atom is 0.145 e. The lowest BCUT2D eigenvalue weighted by Crippen LogP contribution is -1.95. The number of anilines is 1. The molecule has 7 heteroatoms. The standard InChI is InChI=1S/C20H16FN3O2S/c1-25-16-7-8-17(19(9-16)26-2)23-11-14(10-22)20-24-18(12-27-20)13-3-5-15(21)6-4-13/h3-9,11-12,23H,1-2H3. The number of nitrogens with one attached hydrogen (secondary N) is 1. The van der Waals surface area contributed by atoms with Crippen LogP contribution in [0, 0.1) is 17.1 Å². The molecule has 2 aromatic carbocycles. The van der Waals surface area contributed by atoms with E-state index >= 15 is 0 Å². The number of benzene rings is 2. The second kappa shape index (κ2) is 8.34. The second-order valence-electron chi connectivity index (χ2n) is 5.43. The minimum absolute atomic E-state index is 0.301. The fourth-order valence-corrected chi connectivity index (χ4v) is 3.15. The van der Waals surface area contributed by atoms with E-state index in [4.69, 9.17) is 9.47 Å². The first-order chi connectivity index (χ1) is 13.1. The Morgan fingerprint density at radius 3 is 2.63 bits per heavy atom. The Kier molecular flexibility index (Phi) is 5.69. The molecular weight excluding hydrogens is 365 g/mol. The van der Waals surface area contributed by atoms with Gasteiger partial charge >= 0.3 is 0 Å². The Morgan fingerprint density at radius 1 is 1.19 bits per heavy atom. The quantitative estimate of drug-likeness (QED) is 0.613. The van der Waals surface area contributed by atoms with Crippen LogP contribution in [-0.2, 0) is 0 Å². The zero-order chi connectivity index (χ0) is 19.2. The lowest BCUT2D eigenvalue weighted by Gasteiger charge is -2.10. The third-order valence-corrected chi connectivity index (χ3v) is 4.65. The Morgan fingerprint density at radius 2 is 1.96 bits per heavy atom. The summed E-state index contributed by atoms with van der Waals surface area (Å²) in [6.45, 7) is 0. The number of methoxy groups -OCH3 is 2. The Hall–Kier alpha value is -3.37. The summed E-state index contributed by atoms with van der Waals surface area (Å²) >= 11 is 1.35. The van der Waals surface area contributed by atoms with Gasteiger partial charge in [0.15, 0.2) is 0 Å². The van der Waals surface area contributed by atoms with Crippen LogP contribution in [0.15, 0.2) is 54.0 Å². The first kappa shape index (κ1) is 18.4. The van der Waals surface area contributed by atoms with E-state index in [-0.39, 0.29) is 5.82 Å². The maximum atomic E-state index is 13.1. The highest BCUT2D eigenvalue weighted by Crippen LogP contribution is 2.30. The third-order valence-electron chi connectivity index (χ3n) is 3.78. The van der Waals surface area contributed by atoms with Crippen LogP contribution in [0.25, 0.3) is 16.8 Å². The number of hydrogen-bond donors (Lipinski definition) is 1. The minimum Gasteiger partial charge on any atom is -0.497 e. The highest BCUT2D eigenvalue weighted by Gasteiger charge is 2.10. The summed E-state index contributed by atoms with van der Waals surface area (Å²) in [6.07, 6.45) is 1.58. The van der Waals surface area contributed by atoms with Crippen LogP contribution in [0.4, 0.5) is 10.1 Å². The van der Waals surface area contributed by atoms with Gasteiger partial charge < -0.3 is 14.8 Å². The molecular formula is C20H16FN3O2S. The Bertz CT molecular complexity index is 1010. The molecule has 0 saturated carbocycles. The van der Waals surface area contributed by atoms with E-state index in [0.29, 0.717) is 33.5 Å². The molecule has 0 aliphatic rings. The number of allylic oxidation sites excluding steroid dienone is 1. The lowest BCUT2D eigenvalue weighted by atomic mass is 10.2. The van der Waals surface area contributed by atoms with Crippen molar-refractivity contribution in [2.45, 2.75) is 0 Å². The molecule has 0 fully saturated rings. The molecule has 3 aromatic rings. The molecule has 0 amide bonds. The van der Waals surface area contributed by atoms with Gasteiger partial charge in [-0.05, 0) is 36.4 Å². The number of thiazole rings is 1. The molecule has 0 radical (unpaired) electrons. The van der Waals surface area contributed by atoms with Crippen LogP contribution >= 0.6 is 11.3 Å². The molecule has 0 spiro atoms. The molecule has 0 atom stereocenters. The van der Waals surface area contributed by atoms with Crippen LogP contribution in [-0.4, -0.2) is 19.2 Å². The summed E-state index contributed by atoms with van der Waals surface area (Å²) < 4.78 is 23.6. The van der Waals surface area contributed by atoms with E-state index in [1.807, 2.05) is 5.38 Å². The van der Waals surface area contributed by atoms with Crippen molar-refractivity contribution >= 4 is 22.6 Å². The number of ether oxygens (including phenoxy) is 2. The summed E-state index contributed by atoms with van der Waals surface area (Å²) in [5, 5.41) is 15.0. The molecule has 0 aliphatic carbocycles. The number of aromatic nitrogens is 1. The smallest absolute Gasteiger partial charge is 0.145 e. The molecule has 0 bridgehead atoms. The van der Waals surface area contributed by atoms with Crippen LogP contribution in [0.1, 0.15) is 5.01 Å². The van der Waals surface area contributed by atoms with Crippen LogP contribution in [0.3, 0.4) is 0 Å². The zero-order valence-electron chi connectivity index (χ0n) is 14.7. The SMILES string of the molecule is COc1ccc(NC=C(C#N)c2nc(-c3ccc(F)cc3)cs2)c(OC)c1. The van der Waals surface area contributed by atoms with Crippen molar-refractivity contribution in [2.24, 2.45) is 0 Å². The minimum atomic E-state index is -0.301. The molecule has 3 rings (SSSR count). The van der Waals surface area contributed by atoms with Gasteiger partial charge in [0.05, 0.1) is 25.6 Å². The predicted octanol–water partition coefficient (Wildman–Crippen LogP) is 4.94. The Balaban J connectivity index is 1.83. The number of rotatable bonds is 6. The fourth-order valence-electron chi connectivity index (χ4n) is 2.36. The third kappa shape index (κ3) is 4.25. The van der Waals surface area contributed by atoms with E-state index in [9.17, 15) is 9.65 Å². The van der Waals surface area contributed by atoms with Crippen LogP contribution in [0.5, 0.6) is 11.5 Å². The molecule has 5 nitrogen and oxygen atoms in total. The first-order valence-corrected chi connectivity index (χ1v) is 8.83. The van der Waals surface area contributed by atoms with Crippen molar-refractivity contribution in [3.05, 3.63) is 64.9 Å². The average Bonchev–Trinajstić information content (AvgIpc) is 3.19. The van der Waals surface area contributed by atoms with Crippen molar-refractivity contribution in [1.82, 2.24) is 4.98 Å². The van der Waals surface area contributed by atoms with E-state index in [1.54, 1.807) is 50.8 Å². The van der Waals surface area contributed by atoms with E-state index in [0.717, 1.165) is 5.56 Å². The molecule has 0 saturated heterocycles. The maximum absolute atomic E-state index is 13.1. The highest BCUT2D eigenvalue weighted by molar-refractivity contribution is 7.11. The van der Waals surface area contributed by atoms with Gasteiger partial charge in [-0.2, -0.15) is 5.26 Å². The summed E-state index contributed by atoms with van der Waals surface area (Å²) in [4.78, 5) is 4.48. The topological polar surface area (TPSA) is 67.2 Å². The summed E-state index contributed by atoms with van der Waals surface area (Å²) in [6, 6.07) is 13.6. The second-order valence-corrected chi connectivity index (χ2v) is 6.28. The Labute approximate surface area is 160 Å². The predicted molar refractivity (Wildman–Crippen MR) is 104 cm³/mol. The molecule has 1 aromatic heterocycles. The number of halogens is 1. The van der Waals surface area contributed by atoms with E-state index in [2.05, 4.69) is 16.4 Å². The van der Waals surface area contributed by atoms with Gasteiger partial charge in [0.2, 0.25) is 0 Å². The molecule has 0 unspecified atom stereocenters. The van der Waals surface area contributed by atoms with Crippen molar-refractivity contribution in [1.29, 1.82) is 5.26 Å². The number of nitrogens with zero attached hydrogens (tertiary/aromatic N) is 2. The zero-order valence-corrected chi connectivity index (χ0v) is 15.5. The number of nitriles is 1. The van der Waals surface area contributed by atoms with Crippen molar-refractivity contribution in [2.75, 3.05) is 19.5 Å². The van der Waals surface area contributed by atoms with Gasteiger partial charge in [-0.1, -0.05) is 0 Å². The van der Waals surface area contributed by atoms with Crippen molar-refractivity contribution < 1.29 is 13.9 Å². The highest BCUT2D eigenvalue weighted by atomic mass is 32.1. The molecule has 136 valence electrons. The monoisotopic (exact) mass is 381 g/mol. The van der Waals surface area contributed by atoms with Crippen molar-refractivity contribution in [3.8, 4) is 28.8 Å². The molecule has 1 heterocycles. The first-order valence-electron chi connectivity index (χ1n) is 7.95.